The number of aromatic nitrogens is 1. The first-order valence-electron chi connectivity index (χ1n) is 8.24. The van der Waals surface area contributed by atoms with Crippen LogP contribution >= 0.6 is 0 Å². The van der Waals surface area contributed by atoms with Crippen molar-refractivity contribution in [3.05, 3.63) is 24.0 Å². The van der Waals surface area contributed by atoms with Crippen molar-refractivity contribution in [1.29, 1.82) is 0 Å². The average molecular weight is 290 g/mol. The predicted molar refractivity (Wildman–Crippen MR) is 89.7 cm³/mol. The van der Waals surface area contributed by atoms with E-state index in [9.17, 15) is 0 Å². The fourth-order valence-electron chi connectivity index (χ4n) is 3.04. The van der Waals surface area contributed by atoms with Crippen molar-refractivity contribution >= 4 is 5.69 Å². The maximum Gasteiger partial charge on any atom is 0.0562 e. The number of piperidine rings is 1. The van der Waals surface area contributed by atoms with Crippen molar-refractivity contribution in [3.63, 3.8) is 0 Å². The highest BCUT2D eigenvalue weighted by molar-refractivity contribution is 5.46. The fourth-order valence-corrected chi connectivity index (χ4v) is 3.04. The van der Waals surface area contributed by atoms with Gasteiger partial charge in [0.2, 0.25) is 0 Å². The highest BCUT2D eigenvalue weighted by Gasteiger charge is 2.20. The Morgan fingerprint density at radius 3 is 2.76 bits per heavy atom. The largest absolute Gasteiger partial charge is 0.371 e. The quantitative estimate of drug-likeness (QED) is 0.781. The summed E-state index contributed by atoms with van der Waals surface area (Å²) in [7, 11) is 4.34. The van der Waals surface area contributed by atoms with Crippen LogP contribution in [0.15, 0.2) is 18.3 Å². The number of nitrogens with one attached hydrogen (secondary N) is 1. The first-order chi connectivity index (χ1) is 10.2. The molecular formula is C17H30N4. The van der Waals surface area contributed by atoms with Gasteiger partial charge in [-0.15, -0.1) is 0 Å². The third kappa shape index (κ3) is 5.29. The summed E-state index contributed by atoms with van der Waals surface area (Å²) in [5.41, 5.74) is 2.48. The lowest BCUT2D eigenvalue weighted by Crippen LogP contribution is -2.37. The second-order valence-electron chi connectivity index (χ2n) is 6.37. The zero-order chi connectivity index (χ0) is 15.1. The molecule has 0 aromatic carbocycles. The molecule has 4 heteroatoms. The monoisotopic (exact) mass is 290 g/mol. The molecule has 0 aliphatic carbocycles. The van der Waals surface area contributed by atoms with Gasteiger partial charge in [-0.25, -0.2) is 0 Å². The summed E-state index contributed by atoms with van der Waals surface area (Å²) in [4.78, 5) is 9.29. The van der Waals surface area contributed by atoms with E-state index < -0.39 is 0 Å². The van der Waals surface area contributed by atoms with Crippen molar-refractivity contribution < 1.29 is 0 Å². The Balaban J connectivity index is 1.86. The molecule has 0 radical (unpaired) electrons. The van der Waals surface area contributed by atoms with Crippen LogP contribution in [0.1, 0.15) is 31.9 Å². The minimum atomic E-state index is 0.851. The van der Waals surface area contributed by atoms with Crippen molar-refractivity contribution in [2.24, 2.45) is 5.92 Å². The standard InChI is InChI=1S/C17H30N4/c1-4-8-18-13-16-12-17(5-9-19-16)21-10-6-15(7-11-21)14-20(2)3/h5,9,12,15,18H,4,6-8,10-11,13-14H2,1-3H3. The first-order valence-corrected chi connectivity index (χ1v) is 8.24. The summed E-state index contributed by atoms with van der Waals surface area (Å²) >= 11 is 0. The van der Waals surface area contributed by atoms with Gasteiger partial charge in [0.15, 0.2) is 0 Å². The summed E-state index contributed by atoms with van der Waals surface area (Å²) in [6.45, 7) is 7.68. The number of pyridine rings is 1. The first kappa shape index (κ1) is 16.2. The average Bonchev–Trinajstić information content (AvgIpc) is 2.48. The molecule has 1 aromatic heterocycles. The van der Waals surface area contributed by atoms with E-state index in [1.54, 1.807) is 0 Å². The van der Waals surface area contributed by atoms with E-state index in [1.807, 2.05) is 6.20 Å². The molecular weight excluding hydrogens is 260 g/mol. The van der Waals surface area contributed by atoms with E-state index >= 15 is 0 Å². The second kappa shape index (κ2) is 8.35. The molecule has 0 bridgehead atoms. The minimum absolute atomic E-state index is 0.851. The van der Waals surface area contributed by atoms with Crippen LogP contribution in [-0.4, -0.2) is 50.2 Å². The van der Waals surface area contributed by atoms with Gasteiger partial charge < -0.3 is 15.1 Å². The number of nitrogens with zero attached hydrogens (tertiary/aromatic N) is 3. The summed E-state index contributed by atoms with van der Waals surface area (Å²) < 4.78 is 0. The van der Waals surface area contributed by atoms with E-state index in [-0.39, 0.29) is 0 Å². The van der Waals surface area contributed by atoms with Crippen molar-refractivity contribution in [1.82, 2.24) is 15.2 Å². The molecule has 1 aliphatic heterocycles. The highest BCUT2D eigenvalue weighted by Crippen LogP contribution is 2.23. The zero-order valence-corrected chi connectivity index (χ0v) is 13.8. The molecule has 0 amide bonds. The molecule has 1 aliphatic rings. The van der Waals surface area contributed by atoms with Gasteiger partial charge in [-0.2, -0.15) is 0 Å². The smallest absolute Gasteiger partial charge is 0.0562 e. The van der Waals surface area contributed by atoms with E-state index in [1.165, 1.54) is 44.6 Å². The van der Waals surface area contributed by atoms with Gasteiger partial charge in [0, 0.05) is 38.1 Å². The Hall–Kier alpha value is -1.13. The molecule has 1 fully saturated rings. The van der Waals surface area contributed by atoms with Crippen molar-refractivity contribution in [2.45, 2.75) is 32.7 Å². The van der Waals surface area contributed by atoms with Crippen molar-refractivity contribution in [3.8, 4) is 0 Å². The van der Waals surface area contributed by atoms with Crippen LogP contribution < -0.4 is 10.2 Å². The molecule has 0 spiro atoms. The molecule has 2 rings (SSSR count). The Morgan fingerprint density at radius 2 is 2.10 bits per heavy atom. The minimum Gasteiger partial charge on any atom is -0.371 e. The van der Waals surface area contributed by atoms with Crippen molar-refractivity contribution in [2.75, 3.05) is 45.2 Å². The van der Waals surface area contributed by atoms with Crippen LogP contribution in [0.5, 0.6) is 0 Å². The maximum atomic E-state index is 4.46. The van der Waals surface area contributed by atoms with E-state index in [4.69, 9.17) is 0 Å². The normalized spacial score (nSPS) is 16.7. The predicted octanol–water partition coefficient (Wildman–Crippen LogP) is 2.36. The third-order valence-electron chi connectivity index (χ3n) is 4.14. The molecule has 1 N–H and O–H groups in total. The summed E-state index contributed by atoms with van der Waals surface area (Å²) in [6.07, 6.45) is 5.71. The van der Waals surface area contributed by atoms with Gasteiger partial charge in [-0.1, -0.05) is 6.92 Å². The fraction of sp³-hybridized carbons (Fsp3) is 0.706. The summed E-state index contributed by atoms with van der Waals surface area (Å²) in [5.74, 6) is 0.851. The third-order valence-corrected chi connectivity index (χ3v) is 4.14. The van der Waals surface area contributed by atoms with Gasteiger partial charge in [-0.3, -0.25) is 4.98 Å². The molecule has 0 atom stereocenters. The lowest BCUT2D eigenvalue weighted by atomic mass is 9.96. The molecule has 0 unspecified atom stereocenters. The molecule has 1 saturated heterocycles. The molecule has 2 heterocycles. The van der Waals surface area contributed by atoms with Gasteiger partial charge >= 0.3 is 0 Å². The van der Waals surface area contributed by atoms with Crippen LogP contribution in [0.25, 0.3) is 0 Å². The lowest BCUT2D eigenvalue weighted by molar-refractivity contribution is 0.285. The van der Waals surface area contributed by atoms with Gasteiger partial charge in [0.1, 0.15) is 0 Å². The highest BCUT2D eigenvalue weighted by atomic mass is 15.1. The Labute approximate surface area is 129 Å². The Bertz CT molecular complexity index is 411. The van der Waals surface area contributed by atoms with Gasteiger partial charge in [-0.05, 0) is 58.0 Å². The lowest BCUT2D eigenvalue weighted by Gasteiger charge is -2.34. The number of anilines is 1. The van der Waals surface area contributed by atoms with E-state index in [2.05, 4.69) is 53.3 Å². The van der Waals surface area contributed by atoms with Gasteiger partial charge in [0.05, 0.1) is 5.69 Å². The van der Waals surface area contributed by atoms with E-state index in [0.29, 0.717) is 0 Å². The SMILES string of the molecule is CCCNCc1cc(N2CCC(CN(C)C)CC2)ccn1. The molecule has 4 nitrogen and oxygen atoms in total. The molecule has 118 valence electrons. The number of hydrogen-bond acceptors (Lipinski definition) is 4. The molecule has 0 saturated carbocycles. The van der Waals surface area contributed by atoms with Crippen LogP contribution in [0, 0.1) is 5.92 Å². The molecule has 21 heavy (non-hydrogen) atoms. The molecule has 1 aromatic rings. The summed E-state index contributed by atoms with van der Waals surface area (Å²) in [6, 6.07) is 4.39. The number of hydrogen-bond donors (Lipinski definition) is 1. The number of rotatable bonds is 7. The second-order valence-corrected chi connectivity index (χ2v) is 6.37. The zero-order valence-electron chi connectivity index (χ0n) is 13.8. The van der Waals surface area contributed by atoms with E-state index in [0.717, 1.165) is 24.7 Å². The Kier molecular flexibility index (Phi) is 6.46. The maximum absolute atomic E-state index is 4.46. The summed E-state index contributed by atoms with van der Waals surface area (Å²) in [5, 5.41) is 3.42. The Morgan fingerprint density at radius 1 is 1.33 bits per heavy atom. The van der Waals surface area contributed by atoms with Crippen LogP contribution in [-0.2, 0) is 6.54 Å². The topological polar surface area (TPSA) is 31.4 Å². The van der Waals surface area contributed by atoms with Crippen LogP contribution in [0.4, 0.5) is 5.69 Å². The van der Waals surface area contributed by atoms with Crippen LogP contribution in [0.3, 0.4) is 0 Å². The van der Waals surface area contributed by atoms with Gasteiger partial charge in [0.25, 0.3) is 0 Å². The van der Waals surface area contributed by atoms with Crippen LogP contribution in [0.2, 0.25) is 0 Å².